The highest BCUT2D eigenvalue weighted by atomic mass is 16.5. The van der Waals surface area contributed by atoms with Crippen molar-refractivity contribution in [2.24, 2.45) is 0 Å². The third-order valence-corrected chi connectivity index (χ3v) is 6.67. The van der Waals surface area contributed by atoms with E-state index in [2.05, 4.69) is 0 Å². The minimum absolute atomic E-state index is 0.0122. The van der Waals surface area contributed by atoms with Crippen molar-refractivity contribution >= 4 is 17.7 Å². The van der Waals surface area contributed by atoms with Crippen LogP contribution < -0.4 is 9.47 Å². The molecule has 0 heterocycles. The smallest absolute Gasteiger partial charge is 0.303 e. The number of unbranched alkanes of at least 4 members (excludes halogenated alkanes) is 2. The van der Waals surface area contributed by atoms with Gasteiger partial charge in [0.05, 0.1) is 18.8 Å². The van der Waals surface area contributed by atoms with E-state index in [0.29, 0.717) is 62.2 Å². The fourth-order valence-electron chi connectivity index (χ4n) is 4.68. The van der Waals surface area contributed by atoms with Gasteiger partial charge in [-0.1, -0.05) is 31.5 Å². The number of hydrogen-bond donors (Lipinski definition) is 3. The number of ketones is 1. The number of phenolic OH excluding ortho intramolecular Hbond substituents is 1. The number of carboxylic acids is 2. The van der Waals surface area contributed by atoms with Gasteiger partial charge in [0.15, 0.2) is 5.78 Å². The first-order chi connectivity index (χ1) is 18.7. The molecule has 3 N–H and O–H groups in total. The summed E-state index contributed by atoms with van der Waals surface area (Å²) in [4.78, 5) is 33.7. The van der Waals surface area contributed by atoms with Crippen LogP contribution in [0.4, 0.5) is 0 Å². The van der Waals surface area contributed by atoms with Crippen LogP contribution in [0.3, 0.4) is 0 Å². The second-order valence-corrected chi connectivity index (χ2v) is 9.81. The van der Waals surface area contributed by atoms with Gasteiger partial charge >= 0.3 is 11.9 Å². The zero-order valence-electron chi connectivity index (χ0n) is 23.1. The number of para-hydroxylation sites is 1. The molecule has 2 rings (SSSR count). The number of ether oxygens (including phenoxy) is 2. The highest BCUT2D eigenvalue weighted by Gasteiger charge is 2.18. The molecule has 2 aromatic carbocycles. The molecule has 0 bridgehead atoms. The van der Waals surface area contributed by atoms with Crippen molar-refractivity contribution in [3.8, 4) is 17.2 Å². The van der Waals surface area contributed by atoms with Crippen LogP contribution in [0.1, 0.15) is 105 Å². The number of Topliss-reactive ketones (excluding diaryl/α,β-unsaturated/α-hetero) is 1. The third-order valence-electron chi connectivity index (χ3n) is 6.67. The molecule has 0 amide bonds. The van der Waals surface area contributed by atoms with Gasteiger partial charge in [-0.15, -0.1) is 0 Å². The minimum Gasteiger partial charge on any atom is -0.507 e. The number of carbonyl (C=O) groups excluding carboxylic acids is 1. The van der Waals surface area contributed by atoms with Crippen molar-refractivity contribution in [1.29, 1.82) is 0 Å². The predicted molar refractivity (Wildman–Crippen MR) is 149 cm³/mol. The van der Waals surface area contributed by atoms with E-state index in [9.17, 15) is 19.5 Å². The molecule has 0 fully saturated rings. The highest BCUT2D eigenvalue weighted by molar-refractivity contribution is 5.97. The Morgan fingerprint density at radius 1 is 0.795 bits per heavy atom. The summed E-state index contributed by atoms with van der Waals surface area (Å²) in [7, 11) is 0. The van der Waals surface area contributed by atoms with E-state index in [4.69, 9.17) is 19.7 Å². The standard InChI is InChI=1S/C31H42O8/c1-3-11-26-28(19-18-24(22(2)32)31(26)37)39-21-8-4-7-20-38-27-15-6-5-14-25(27)23(12-9-16-29(33)34)13-10-17-30(35)36/h5-6,14-15,18-19,23,37H,3-4,7-13,16-17,20-21H2,1-2H3,(H,33,34)(H,35,36). The van der Waals surface area contributed by atoms with Crippen molar-refractivity contribution in [2.75, 3.05) is 13.2 Å². The van der Waals surface area contributed by atoms with E-state index < -0.39 is 11.9 Å². The Morgan fingerprint density at radius 2 is 1.38 bits per heavy atom. The molecule has 0 aliphatic carbocycles. The zero-order valence-corrected chi connectivity index (χ0v) is 23.1. The van der Waals surface area contributed by atoms with E-state index in [0.717, 1.165) is 37.0 Å². The SMILES string of the molecule is CCCc1c(OCCCCCOc2ccccc2C(CCCC(=O)O)CCCC(=O)O)ccc(C(C)=O)c1O. The van der Waals surface area contributed by atoms with Gasteiger partial charge in [0, 0.05) is 18.4 Å². The molecular formula is C31H42O8. The number of aromatic hydroxyl groups is 1. The molecule has 0 saturated heterocycles. The van der Waals surface area contributed by atoms with Crippen molar-refractivity contribution < 1.29 is 39.2 Å². The quantitative estimate of drug-likeness (QED) is 0.123. The Kier molecular flexibility index (Phi) is 13.9. The number of carboxylic acid groups (broad SMARTS) is 2. The van der Waals surface area contributed by atoms with Crippen LogP contribution in [-0.4, -0.2) is 46.3 Å². The Balaban J connectivity index is 1.87. The Labute approximate surface area is 231 Å². The molecule has 2 aromatic rings. The number of phenols is 1. The van der Waals surface area contributed by atoms with Crippen LogP contribution in [0.25, 0.3) is 0 Å². The Morgan fingerprint density at radius 3 is 1.95 bits per heavy atom. The van der Waals surface area contributed by atoms with E-state index in [1.54, 1.807) is 12.1 Å². The summed E-state index contributed by atoms with van der Waals surface area (Å²) in [6.45, 7) is 4.45. The van der Waals surface area contributed by atoms with Crippen molar-refractivity contribution in [3.05, 3.63) is 53.1 Å². The molecule has 8 nitrogen and oxygen atoms in total. The topological polar surface area (TPSA) is 130 Å². The Hall–Kier alpha value is -3.55. The number of benzene rings is 2. The Bertz CT molecular complexity index is 1060. The van der Waals surface area contributed by atoms with Gasteiger partial charge < -0.3 is 24.8 Å². The summed E-state index contributed by atoms with van der Waals surface area (Å²) in [5, 5.41) is 28.5. The summed E-state index contributed by atoms with van der Waals surface area (Å²) in [5.74, 6) is -0.422. The molecule has 0 radical (unpaired) electrons. The average Bonchev–Trinajstić information content (AvgIpc) is 2.88. The molecule has 0 saturated carbocycles. The molecular weight excluding hydrogens is 500 g/mol. The molecule has 39 heavy (non-hydrogen) atoms. The van der Waals surface area contributed by atoms with Crippen molar-refractivity contribution in [1.82, 2.24) is 0 Å². The number of rotatable bonds is 20. The minimum atomic E-state index is -0.834. The van der Waals surface area contributed by atoms with Crippen LogP contribution in [0, 0.1) is 0 Å². The summed E-state index contributed by atoms with van der Waals surface area (Å²) in [6, 6.07) is 11.1. The van der Waals surface area contributed by atoms with Gasteiger partial charge in [0.25, 0.3) is 0 Å². The molecule has 0 aliphatic rings. The summed E-state index contributed by atoms with van der Waals surface area (Å²) in [6.07, 6.45) is 6.49. The fraction of sp³-hybridized carbons (Fsp3) is 0.516. The monoisotopic (exact) mass is 542 g/mol. The second kappa shape index (κ2) is 17.1. The maximum atomic E-state index is 11.7. The van der Waals surface area contributed by atoms with Crippen molar-refractivity contribution in [2.45, 2.75) is 90.4 Å². The van der Waals surface area contributed by atoms with E-state index in [-0.39, 0.29) is 30.3 Å². The van der Waals surface area contributed by atoms with Crippen LogP contribution in [-0.2, 0) is 16.0 Å². The molecule has 0 spiro atoms. The molecule has 0 aliphatic heterocycles. The van der Waals surface area contributed by atoms with E-state index in [1.807, 2.05) is 31.2 Å². The lowest BCUT2D eigenvalue weighted by Gasteiger charge is -2.20. The maximum absolute atomic E-state index is 11.7. The largest absolute Gasteiger partial charge is 0.507 e. The zero-order chi connectivity index (χ0) is 28.6. The van der Waals surface area contributed by atoms with Crippen LogP contribution in [0.15, 0.2) is 36.4 Å². The molecule has 0 atom stereocenters. The molecule has 8 heteroatoms. The maximum Gasteiger partial charge on any atom is 0.303 e. The highest BCUT2D eigenvalue weighted by Crippen LogP contribution is 2.35. The van der Waals surface area contributed by atoms with Crippen molar-refractivity contribution in [3.63, 3.8) is 0 Å². The van der Waals surface area contributed by atoms with Gasteiger partial charge in [-0.3, -0.25) is 14.4 Å². The molecule has 214 valence electrons. The molecule has 0 unspecified atom stereocenters. The first-order valence-corrected chi connectivity index (χ1v) is 13.9. The van der Waals surface area contributed by atoms with Gasteiger partial charge in [-0.25, -0.2) is 0 Å². The molecule has 0 aromatic heterocycles. The summed E-state index contributed by atoms with van der Waals surface area (Å²) >= 11 is 0. The van der Waals surface area contributed by atoms with Gasteiger partial charge in [-0.05, 0) is 88.0 Å². The first kappa shape index (κ1) is 31.7. The first-order valence-electron chi connectivity index (χ1n) is 13.9. The van der Waals surface area contributed by atoms with Gasteiger partial charge in [0.1, 0.15) is 17.2 Å². The lowest BCUT2D eigenvalue weighted by atomic mass is 9.88. The van der Waals surface area contributed by atoms with E-state index >= 15 is 0 Å². The summed E-state index contributed by atoms with van der Waals surface area (Å²) < 4.78 is 12.0. The number of carbonyl (C=O) groups is 3. The van der Waals surface area contributed by atoms with Crippen LogP contribution >= 0.6 is 0 Å². The lowest BCUT2D eigenvalue weighted by molar-refractivity contribution is -0.138. The van der Waals surface area contributed by atoms with Gasteiger partial charge in [-0.2, -0.15) is 0 Å². The lowest BCUT2D eigenvalue weighted by Crippen LogP contribution is -2.07. The normalized spacial score (nSPS) is 10.9. The third kappa shape index (κ3) is 11.0. The van der Waals surface area contributed by atoms with Gasteiger partial charge in [0.2, 0.25) is 0 Å². The summed E-state index contributed by atoms with van der Waals surface area (Å²) in [5.41, 5.74) is 1.98. The average molecular weight is 543 g/mol. The van der Waals surface area contributed by atoms with Crippen LogP contribution in [0.2, 0.25) is 0 Å². The second-order valence-electron chi connectivity index (χ2n) is 9.81. The predicted octanol–water partition coefficient (Wildman–Crippen LogP) is 6.77. The fourth-order valence-corrected chi connectivity index (χ4v) is 4.68. The number of aliphatic carboxylic acids is 2. The van der Waals surface area contributed by atoms with Crippen LogP contribution in [0.5, 0.6) is 17.2 Å². The van der Waals surface area contributed by atoms with E-state index in [1.165, 1.54) is 6.92 Å². The number of hydrogen-bond acceptors (Lipinski definition) is 6.